The molecule has 2 aliphatic rings. The fourth-order valence-corrected chi connectivity index (χ4v) is 4.99. The Hall–Kier alpha value is -2.94. The van der Waals surface area contributed by atoms with Gasteiger partial charge in [0.1, 0.15) is 5.69 Å². The summed E-state index contributed by atoms with van der Waals surface area (Å²) in [6.45, 7) is 2.42. The van der Waals surface area contributed by atoms with Gasteiger partial charge in [-0.2, -0.15) is 13.2 Å². The number of aromatic nitrogens is 4. The van der Waals surface area contributed by atoms with Gasteiger partial charge in [0.05, 0.1) is 28.2 Å². The lowest BCUT2D eigenvalue weighted by molar-refractivity contribution is -0.137. The highest BCUT2D eigenvalue weighted by molar-refractivity contribution is 6.34. The number of alkyl halides is 3. The zero-order chi connectivity index (χ0) is 22.6. The predicted molar refractivity (Wildman–Crippen MR) is 111 cm³/mol. The molecule has 0 saturated carbocycles. The standard InChI is InChI=1S/C22H19ClF3N5O/c1-12-8-9-27-16(10-12)19-28-29-20-17-7-2-4-13(11-30(19)20)31(17)21(32)14-5-3-6-15(18(14)23)22(24,25)26/h3,5-6,8-10,13,17H,2,4,7,11H2,1H3/t13-,17+/m0/s1. The molecular formula is C22H19ClF3N5O. The Labute approximate surface area is 187 Å². The highest BCUT2D eigenvalue weighted by Crippen LogP contribution is 2.42. The van der Waals surface area contributed by atoms with E-state index in [1.807, 2.05) is 23.6 Å². The van der Waals surface area contributed by atoms with Crippen LogP contribution in [0, 0.1) is 6.92 Å². The Morgan fingerprint density at radius 1 is 1.19 bits per heavy atom. The molecule has 32 heavy (non-hydrogen) atoms. The fourth-order valence-electron chi connectivity index (χ4n) is 4.68. The molecule has 0 spiro atoms. The van der Waals surface area contributed by atoms with Crippen LogP contribution in [0.1, 0.15) is 52.6 Å². The van der Waals surface area contributed by atoms with Gasteiger partial charge in [0.15, 0.2) is 11.6 Å². The number of hydrogen-bond acceptors (Lipinski definition) is 4. The van der Waals surface area contributed by atoms with E-state index in [2.05, 4.69) is 15.2 Å². The third kappa shape index (κ3) is 3.35. The number of piperidine rings is 1. The number of pyridine rings is 1. The van der Waals surface area contributed by atoms with Crippen LogP contribution < -0.4 is 0 Å². The summed E-state index contributed by atoms with van der Waals surface area (Å²) in [6.07, 6.45) is -0.655. The van der Waals surface area contributed by atoms with Gasteiger partial charge < -0.3 is 9.47 Å². The van der Waals surface area contributed by atoms with Crippen LogP contribution in [-0.2, 0) is 12.7 Å². The third-order valence-electron chi connectivity index (χ3n) is 6.13. The van der Waals surface area contributed by atoms with E-state index in [1.54, 1.807) is 11.1 Å². The van der Waals surface area contributed by atoms with Crippen LogP contribution in [0.5, 0.6) is 0 Å². The Morgan fingerprint density at radius 2 is 2.00 bits per heavy atom. The maximum Gasteiger partial charge on any atom is 0.417 e. The predicted octanol–water partition coefficient (Wildman–Crippen LogP) is 5.07. The number of rotatable bonds is 2. The number of carbonyl (C=O) groups is 1. The Bertz CT molecular complexity index is 1210. The number of benzene rings is 1. The Kier molecular flexibility index (Phi) is 4.96. The molecule has 10 heteroatoms. The van der Waals surface area contributed by atoms with Crippen LogP contribution in [0.25, 0.3) is 11.5 Å². The number of carbonyl (C=O) groups excluding carboxylic acids is 1. The van der Waals surface area contributed by atoms with E-state index >= 15 is 0 Å². The van der Waals surface area contributed by atoms with Crippen molar-refractivity contribution < 1.29 is 18.0 Å². The molecule has 2 atom stereocenters. The first kappa shape index (κ1) is 20.9. The van der Waals surface area contributed by atoms with E-state index in [4.69, 9.17) is 11.6 Å². The average Bonchev–Trinajstić information content (AvgIpc) is 3.16. The second kappa shape index (κ2) is 7.58. The van der Waals surface area contributed by atoms with Gasteiger partial charge in [-0.1, -0.05) is 17.7 Å². The summed E-state index contributed by atoms with van der Waals surface area (Å²) < 4.78 is 41.9. The number of fused-ring (bicyclic) bond motifs is 4. The number of aryl methyl sites for hydroxylation is 1. The van der Waals surface area contributed by atoms with Gasteiger partial charge in [0.2, 0.25) is 0 Å². The lowest BCUT2D eigenvalue weighted by Gasteiger charge is -2.45. The molecule has 5 rings (SSSR count). The van der Waals surface area contributed by atoms with Crippen molar-refractivity contribution in [3.05, 3.63) is 64.1 Å². The lowest BCUT2D eigenvalue weighted by Crippen LogP contribution is -2.52. The zero-order valence-corrected chi connectivity index (χ0v) is 17.9. The van der Waals surface area contributed by atoms with Crippen LogP contribution in [-0.4, -0.2) is 36.6 Å². The average molecular weight is 462 g/mol. The summed E-state index contributed by atoms with van der Waals surface area (Å²) in [5.41, 5.74) is 0.581. The van der Waals surface area contributed by atoms with Crippen molar-refractivity contribution >= 4 is 17.5 Å². The largest absolute Gasteiger partial charge is 0.417 e. The quantitative estimate of drug-likeness (QED) is 0.534. The number of amides is 1. The van der Waals surface area contributed by atoms with Crippen molar-refractivity contribution in [3.8, 4) is 11.5 Å². The molecule has 166 valence electrons. The smallest absolute Gasteiger partial charge is 0.324 e. The van der Waals surface area contributed by atoms with E-state index in [-0.39, 0.29) is 17.6 Å². The molecule has 4 heterocycles. The molecule has 2 aromatic heterocycles. The van der Waals surface area contributed by atoms with E-state index in [9.17, 15) is 18.0 Å². The molecule has 6 nitrogen and oxygen atoms in total. The molecule has 1 aromatic carbocycles. The number of hydrogen-bond donors (Lipinski definition) is 0. The van der Waals surface area contributed by atoms with Gasteiger partial charge >= 0.3 is 6.18 Å². The molecule has 1 amide bonds. The first-order valence-corrected chi connectivity index (χ1v) is 10.7. The summed E-state index contributed by atoms with van der Waals surface area (Å²) in [4.78, 5) is 19.5. The Balaban J connectivity index is 1.55. The van der Waals surface area contributed by atoms with Gasteiger partial charge in [-0.3, -0.25) is 9.78 Å². The summed E-state index contributed by atoms with van der Waals surface area (Å²) in [5.74, 6) is 0.737. The van der Waals surface area contributed by atoms with Crippen molar-refractivity contribution in [2.75, 3.05) is 0 Å². The van der Waals surface area contributed by atoms with Crippen LogP contribution >= 0.6 is 11.6 Å². The minimum absolute atomic E-state index is 0.146. The zero-order valence-electron chi connectivity index (χ0n) is 17.1. The van der Waals surface area contributed by atoms with Gasteiger partial charge in [-0.25, -0.2) is 0 Å². The summed E-state index contributed by atoms with van der Waals surface area (Å²) in [7, 11) is 0. The van der Waals surface area contributed by atoms with Crippen molar-refractivity contribution in [2.24, 2.45) is 0 Å². The van der Waals surface area contributed by atoms with Gasteiger partial charge in [0, 0.05) is 12.7 Å². The van der Waals surface area contributed by atoms with Gasteiger partial charge in [-0.15, -0.1) is 10.2 Å². The summed E-state index contributed by atoms with van der Waals surface area (Å²) in [6, 6.07) is 6.68. The van der Waals surface area contributed by atoms with E-state index in [0.29, 0.717) is 30.3 Å². The molecule has 0 N–H and O–H groups in total. The SMILES string of the molecule is Cc1ccnc(-c2nnc3n2C[C@@H]2CCC[C@H]3N2C(=O)c2cccc(C(F)(F)F)c2Cl)c1. The topological polar surface area (TPSA) is 63.9 Å². The highest BCUT2D eigenvalue weighted by atomic mass is 35.5. The van der Waals surface area contributed by atoms with Crippen LogP contribution in [0.3, 0.4) is 0 Å². The van der Waals surface area contributed by atoms with Crippen molar-refractivity contribution in [1.82, 2.24) is 24.6 Å². The second-order valence-corrected chi connectivity index (χ2v) is 8.57. The molecule has 2 bridgehead atoms. The molecule has 1 saturated heterocycles. The van der Waals surface area contributed by atoms with E-state index in [0.717, 1.165) is 24.5 Å². The number of nitrogens with zero attached hydrogens (tertiary/aromatic N) is 5. The molecule has 0 unspecified atom stereocenters. The number of halogens is 4. The van der Waals surface area contributed by atoms with Gasteiger partial charge in [0.25, 0.3) is 5.91 Å². The molecule has 0 aliphatic carbocycles. The molecular weight excluding hydrogens is 443 g/mol. The normalized spacial score (nSPS) is 20.2. The lowest BCUT2D eigenvalue weighted by atomic mass is 9.90. The maximum absolute atomic E-state index is 13.4. The molecule has 2 aliphatic heterocycles. The van der Waals surface area contributed by atoms with Crippen LogP contribution in [0.15, 0.2) is 36.5 Å². The third-order valence-corrected chi connectivity index (χ3v) is 6.54. The highest BCUT2D eigenvalue weighted by Gasteiger charge is 2.44. The van der Waals surface area contributed by atoms with Crippen LogP contribution in [0.4, 0.5) is 13.2 Å². The summed E-state index contributed by atoms with van der Waals surface area (Å²) >= 11 is 6.05. The molecule has 3 aromatic rings. The van der Waals surface area contributed by atoms with Crippen LogP contribution in [0.2, 0.25) is 5.02 Å². The fraction of sp³-hybridized carbons (Fsp3) is 0.364. The molecule has 1 fully saturated rings. The van der Waals surface area contributed by atoms with E-state index < -0.39 is 22.7 Å². The summed E-state index contributed by atoms with van der Waals surface area (Å²) in [5, 5.41) is 8.12. The monoisotopic (exact) mass is 461 g/mol. The van der Waals surface area contributed by atoms with E-state index in [1.165, 1.54) is 12.1 Å². The molecule has 0 radical (unpaired) electrons. The van der Waals surface area contributed by atoms with Crippen molar-refractivity contribution in [1.29, 1.82) is 0 Å². The minimum Gasteiger partial charge on any atom is -0.324 e. The van der Waals surface area contributed by atoms with Gasteiger partial charge in [-0.05, 0) is 56.0 Å². The minimum atomic E-state index is -4.64. The second-order valence-electron chi connectivity index (χ2n) is 8.19. The Morgan fingerprint density at radius 3 is 2.75 bits per heavy atom. The first-order valence-electron chi connectivity index (χ1n) is 10.3. The van der Waals surface area contributed by atoms with Crippen molar-refractivity contribution in [3.63, 3.8) is 0 Å². The maximum atomic E-state index is 13.4. The first-order chi connectivity index (χ1) is 15.3. The van der Waals surface area contributed by atoms with Crippen molar-refractivity contribution in [2.45, 2.75) is 51.0 Å².